The van der Waals surface area contributed by atoms with E-state index in [9.17, 15) is 45.6 Å². The van der Waals surface area contributed by atoms with Crippen LogP contribution < -0.4 is 0 Å². The van der Waals surface area contributed by atoms with Gasteiger partial charge in [-0.25, -0.2) is 4.79 Å². The lowest BCUT2D eigenvalue weighted by molar-refractivity contribution is -0.352. The lowest BCUT2D eigenvalue weighted by Gasteiger charge is -2.45. The van der Waals surface area contributed by atoms with Crippen LogP contribution in [0.3, 0.4) is 0 Å². The smallest absolute Gasteiger partial charge is 0.331 e. The van der Waals surface area contributed by atoms with Gasteiger partial charge in [0.05, 0.1) is 19.3 Å². The minimum Gasteiger partial charge on any atom is -0.454 e. The summed E-state index contributed by atoms with van der Waals surface area (Å²) in [4.78, 5) is 12.7. The van der Waals surface area contributed by atoms with Gasteiger partial charge >= 0.3 is 5.97 Å². The Bertz CT molecular complexity index is 1010. The molecular weight excluding hydrogens is 552 g/mol. The normalized spacial score (nSPS) is 43.6. The molecule has 3 aliphatic rings. The minimum atomic E-state index is -1.81. The summed E-state index contributed by atoms with van der Waals surface area (Å²) < 4.78 is 32.9. The first-order valence-electron chi connectivity index (χ1n) is 13.1. The molecule has 3 saturated heterocycles. The van der Waals surface area contributed by atoms with Crippen molar-refractivity contribution in [3.63, 3.8) is 0 Å². The Hall–Kier alpha value is -2.09. The number of aliphatic hydroxyl groups excluding tert-OH is 8. The molecule has 0 unspecified atom stereocenters. The first-order chi connectivity index (χ1) is 19.5. The number of aliphatic hydroxyl groups is 8. The third-order valence-electron chi connectivity index (χ3n) is 7.07. The van der Waals surface area contributed by atoms with Gasteiger partial charge < -0.3 is 69.3 Å². The highest BCUT2D eigenvalue weighted by atomic mass is 16.7. The van der Waals surface area contributed by atoms with Crippen LogP contribution >= 0.6 is 0 Å². The SMILES string of the molecule is C[C@@H]1O[C@@H](OC[C@H]2O[C@@H](O)[C@H](O)[C@@H](O)[C@@H]2O)[C@H](O)[C@H](O[C@@H]2OC[C@@H](O)[C@H](O)[C@H]2O)[C@H]1OC(=O)/C=C/c1ccccc1. The van der Waals surface area contributed by atoms with Crippen LogP contribution in [0.5, 0.6) is 0 Å². The van der Waals surface area contributed by atoms with Gasteiger partial charge in [-0.05, 0) is 18.6 Å². The maximum absolute atomic E-state index is 12.7. The van der Waals surface area contributed by atoms with Gasteiger partial charge in [-0.1, -0.05) is 30.3 Å². The highest BCUT2D eigenvalue weighted by molar-refractivity contribution is 5.87. The predicted octanol–water partition coefficient (Wildman–Crippen LogP) is -3.64. The Morgan fingerprint density at radius 1 is 0.854 bits per heavy atom. The first kappa shape index (κ1) is 31.8. The molecule has 15 nitrogen and oxygen atoms in total. The van der Waals surface area contributed by atoms with Crippen molar-refractivity contribution in [2.75, 3.05) is 13.2 Å². The first-order valence-corrected chi connectivity index (χ1v) is 13.1. The van der Waals surface area contributed by atoms with Crippen molar-refractivity contribution in [2.45, 2.75) is 92.9 Å². The van der Waals surface area contributed by atoms with Crippen LogP contribution in [0.1, 0.15) is 12.5 Å². The second-order valence-electron chi connectivity index (χ2n) is 10.1. The molecule has 1 aromatic carbocycles. The zero-order valence-electron chi connectivity index (χ0n) is 22.0. The van der Waals surface area contributed by atoms with E-state index in [2.05, 4.69) is 0 Å². The average molecular weight is 589 g/mol. The largest absolute Gasteiger partial charge is 0.454 e. The van der Waals surface area contributed by atoms with Crippen LogP contribution in [0, 0.1) is 0 Å². The number of carbonyl (C=O) groups excluding carboxylic acids is 1. The zero-order chi connectivity index (χ0) is 29.8. The molecule has 15 heteroatoms. The quantitative estimate of drug-likeness (QED) is 0.108. The van der Waals surface area contributed by atoms with E-state index in [4.69, 9.17) is 28.4 Å². The predicted molar refractivity (Wildman–Crippen MR) is 133 cm³/mol. The molecule has 14 atom stereocenters. The second kappa shape index (κ2) is 13.9. The topological polar surface area (TPSA) is 234 Å². The molecule has 0 aliphatic carbocycles. The fourth-order valence-corrected chi connectivity index (χ4v) is 4.66. The molecule has 0 bridgehead atoms. The molecule has 230 valence electrons. The summed E-state index contributed by atoms with van der Waals surface area (Å²) in [6.07, 6.45) is -18.8. The maximum Gasteiger partial charge on any atom is 0.331 e. The van der Waals surface area contributed by atoms with Gasteiger partial charge in [-0.15, -0.1) is 0 Å². The number of hydrogen-bond acceptors (Lipinski definition) is 15. The molecule has 4 rings (SSSR count). The third kappa shape index (κ3) is 7.47. The molecule has 0 radical (unpaired) electrons. The summed E-state index contributed by atoms with van der Waals surface area (Å²) in [6.45, 7) is 0.570. The Morgan fingerprint density at radius 2 is 1.56 bits per heavy atom. The second-order valence-corrected chi connectivity index (χ2v) is 10.1. The van der Waals surface area contributed by atoms with Crippen LogP contribution in [0.25, 0.3) is 6.08 Å². The molecule has 3 aliphatic heterocycles. The fraction of sp³-hybridized carbons (Fsp3) is 0.654. The molecule has 0 amide bonds. The third-order valence-corrected chi connectivity index (χ3v) is 7.07. The van der Waals surface area contributed by atoms with Crippen LogP contribution in [0.4, 0.5) is 0 Å². The molecule has 1 aromatic rings. The van der Waals surface area contributed by atoms with Crippen LogP contribution in [0.2, 0.25) is 0 Å². The van der Waals surface area contributed by atoms with Crippen molar-refractivity contribution in [1.29, 1.82) is 0 Å². The highest BCUT2D eigenvalue weighted by Crippen LogP contribution is 2.31. The molecule has 8 N–H and O–H groups in total. The summed E-state index contributed by atoms with van der Waals surface area (Å²) in [5.74, 6) is -0.810. The molecule has 0 saturated carbocycles. The molecular formula is C26H36O15. The number of hydrogen-bond donors (Lipinski definition) is 8. The van der Waals surface area contributed by atoms with Gasteiger partial charge in [-0.2, -0.15) is 0 Å². The van der Waals surface area contributed by atoms with Crippen molar-refractivity contribution >= 4 is 12.0 Å². The summed E-state index contributed by atoms with van der Waals surface area (Å²) in [5, 5.41) is 80.9. The van der Waals surface area contributed by atoms with E-state index in [1.165, 1.54) is 13.0 Å². The van der Waals surface area contributed by atoms with Crippen molar-refractivity contribution < 1.29 is 74.1 Å². The van der Waals surface area contributed by atoms with E-state index < -0.39 is 105 Å². The summed E-state index contributed by atoms with van der Waals surface area (Å²) in [7, 11) is 0. The van der Waals surface area contributed by atoms with Crippen LogP contribution in [0.15, 0.2) is 36.4 Å². The molecule has 0 aromatic heterocycles. The van der Waals surface area contributed by atoms with Crippen molar-refractivity contribution in [3.05, 3.63) is 42.0 Å². The summed E-state index contributed by atoms with van der Waals surface area (Å²) in [6, 6.07) is 8.90. The molecule has 41 heavy (non-hydrogen) atoms. The van der Waals surface area contributed by atoms with E-state index in [0.29, 0.717) is 0 Å². The van der Waals surface area contributed by atoms with E-state index in [1.54, 1.807) is 24.3 Å². The maximum atomic E-state index is 12.7. The molecule has 3 heterocycles. The lowest BCUT2D eigenvalue weighted by Crippen LogP contribution is -2.63. The minimum absolute atomic E-state index is 0.393. The fourth-order valence-electron chi connectivity index (χ4n) is 4.66. The zero-order valence-corrected chi connectivity index (χ0v) is 22.0. The van der Waals surface area contributed by atoms with Gasteiger partial charge in [0.1, 0.15) is 54.9 Å². The van der Waals surface area contributed by atoms with Crippen LogP contribution in [-0.4, -0.2) is 146 Å². The summed E-state index contributed by atoms with van der Waals surface area (Å²) in [5.41, 5.74) is 0.722. The number of rotatable bonds is 8. The monoisotopic (exact) mass is 588 g/mol. The molecule has 0 spiro atoms. The number of ether oxygens (including phenoxy) is 6. The Labute approximate surface area is 234 Å². The van der Waals surface area contributed by atoms with Crippen LogP contribution in [-0.2, 0) is 33.2 Å². The number of carbonyl (C=O) groups is 1. The van der Waals surface area contributed by atoms with E-state index in [1.807, 2.05) is 6.07 Å². The van der Waals surface area contributed by atoms with E-state index in [-0.39, 0.29) is 0 Å². The summed E-state index contributed by atoms with van der Waals surface area (Å²) >= 11 is 0. The van der Waals surface area contributed by atoms with E-state index >= 15 is 0 Å². The van der Waals surface area contributed by atoms with Crippen molar-refractivity contribution in [3.8, 4) is 0 Å². The van der Waals surface area contributed by atoms with Gasteiger partial charge in [0.15, 0.2) is 25.0 Å². The highest BCUT2D eigenvalue weighted by Gasteiger charge is 2.51. The Kier molecular flexibility index (Phi) is 10.8. The van der Waals surface area contributed by atoms with Gasteiger partial charge in [-0.3, -0.25) is 0 Å². The van der Waals surface area contributed by atoms with E-state index in [0.717, 1.165) is 11.6 Å². The van der Waals surface area contributed by atoms with Gasteiger partial charge in [0.25, 0.3) is 0 Å². The average Bonchev–Trinajstić information content (AvgIpc) is 2.96. The van der Waals surface area contributed by atoms with Gasteiger partial charge in [0, 0.05) is 6.08 Å². The Morgan fingerprint density at radius 3 is 2.27 bits per heavy atom. The van der Waals surface area contributed by atoms with Gasteiger partial charge in [0.2, 0.25) is 0 Å². The molecule has 3 fully saturated rings. The standard InChI is InChI=1S/C26H36O15/c1-11-22(40-15(28)8-7-12-5-3-2-4-6-12)23(41-25-20(33)16(29)13(27)9-36-25)21(34)26(38-11)37-10-14-17(30)18(31)19(32)24(35)39-14/h2-8,11,13-14,16-27,29-35H,9-10H2,1H3/b8-7+/t11-,13+,14+,16-,17+,18-,19+,20+,21+,22-,23-,24+,25-,26+/m0/s1. The van der Waals surface area contributed by atoms with Crippen molar-refractivity contribution in [1.82, 2.24) is 0 Å². The number of esters is 1. The van der Waals surface area contributed by atoms with Crippen molar-refractivity contribution in [2.24, 2.45) is 0 Å². The Balaban J connectivity index is 1.48. The number of benzene rings is 1. The lowest BCUT2D eigenvalue weighted by atomic mass is 9.98.